The largest absolute Gasteiger partial charge is 0.494 e. The number of rotatable bonds is 10. The number of likely N-dealkylation sites (tertiary alicyclic amines) is 1. The number of carbonyl (C=O) groups excluding carboxylic acids is 1. The summed E-state index contributed by atoms with van der Waals surface area (Å²) >= 11 is 0. The lowest BCUT2D eigenvalue weighted by Gasteiger charge is -2.26. The van der Waals surface area contributed by atoms with Crippen LogP contribution in [-0.2, 0) is 24.2 Å². The van der Waals surface area contributed by atoms with E-state index >= 15 is 0 Å². The lowest BCUT2D eigenvalue weighted by molar-refractivity contribution is -0.385. The number of imidazole rings is 1. The minimum Gasteiger partial charge on any atom is -0.494 e. The third-order valence-electron chi connectivity index (χ3n) is 6.16. The van der Waals surface area contributed by atoms with Gasteiger partial charge in [0.15, 0.2) is 0 Å². The summed E-state index contributed by atoms with van der Waals surface area (Å²) in [5.41, 5.74) is 3.57. The summed E-state index contributed by atoms with van der Waals surface area (Å²) in [7, 11) is 1.63. The number of ether oxygens (including phenoxy) is 1. The highest BCUT2D eigenvalue weighted by molar-refractivity contribution is 5.81. The molecule has 9 heteroatoms. The first-order valence-electron chi connectivity index (χ1n) is 11.8. The Balaban J connectivity index is 1.33. The number of amides is 1. The number of nitro groups is 1. The number of likely N-dealkylation sites (N-methyl/N-ethyl adjacent to an activating group) is 1. The second-order valence-electron chi connectivity index (χ2n) is 8.72. The Morgan fingerprint density at radius 1 is 1.21 bits per heavy atom. The van der Waals surface area contributed by atoms with Crippen LogP contribution in [0.1, 0.15) is 42.6 Å². The fourth-order valence-corrected chi connectivity index (χ4v) is 4.36. The summed E-state index contributed by atoms with van der Waals surface area (Å²) in [6.45, 7) is 3.02. The minimum atomic E-state index is -0.315. The molecule has 0 aliphatic carbocycles. The van der Waals surface area contributed by atoms with Gasteiger partial charge >= 0.3 is 0 Å². The number of fused-ring (bicyclic) bond motifs is 1. The van der Waals surface area contributed by atoms with Crippen LogP contribution in [0, 0.1) is 10.1 Å². The number of nitro benzene ring substituents is 1. The van der Waals surface area contributed by atoms with Crippen LogP contribution in [0.2, 0.25) is 0 Å². The Morgan fingerprint density at radius 2 is 2.03 bits per heavy atom. The van der Waals surface area contributed by atoms with Crippen molar-refractivity contribution in [1.29, 1.82) is 0 Å². The Kier molecular flexibility index (Phi) is 7.74. The van der Waals surface area contributed by atoms with Gasteiger partial charge in [-0.05, 0) is 62.2 Å². The molecule has 0 radical (unpaired) electrons. The van der Waals surface area contributed by atoms with Gasteiger partial charge in [0.1, 0.15) is 11.6 Å². The first kappa shape index (κ1) is 23.7. The number of H-pyrrole nitrogens is 1. The summed E-state index contributed by atoms with van der Waals surface area (Å²) in [5.74, 6) is 1.49. The van der Waals surface area contributed by atoms with Gasteiger partial charge in [-0.3, -0.25) is 19.8 Å². The Labute approximate surface area is 198 Å². The lowest BCUT2D eigenvalue weighted by Crippen LogP contribution is -2.29. The highest BCUT2D eigenvalue weighted by Crippen LogP contribution is 2.27. The van der Waals surface area contributed by atoms with Crippen LogP contribution in [0.25, 0.3) is 11.0 Å². The summed E-state index contributed by atoms with van der Waals surface area (Å²) in [6, 6.07) is 10.8. The maximum Gasteiger partial charge on any atom is 0.274 e. The predicted molar refractivity (Wildman–Crippen MR) is 130 cm³/mol. The molecule has 180 valence electrons. The molecular formula is C25H31N5O4. The van der Waals surface area contributed by atoms with Gasteiger partial charge < -0.3 is 15.0 Å². The van der Waals surface area contributed by atoms with E-state index in [0.717, 1.165) is 54.8 Å². The first-order valence-corrected chi connectivity index (χ1v) is 11.8. The zero-order valence-electron chi connectivity index (χ0n) is 19.5. The summed E-state index contributed by atoms with van der Waals surface area (Å²) in [6.07, 6.45) is 5.31. The van der Waals surface area contributed by atoms with Gasteiger partial charge in [-0.25, -0.2) is 4.98 Å². The highest BCUT2D eigenvalue weighted by Gasteiger charge is 2.19. The number of carbonyl (C=O) groups is 1. The molecule has 0 atom stereocenters. The van der Waals surface area contributed by atoms with E-state index in [0.29, 0.717) is 37.3 Å². The van der Waals surface area contributed by atoms with E-state index in [2.05, 4.69) is 20.2 Å². The van der Waals surface area contributed by atoms with Crippen LogP contribution in [0.5, 0.6) is 5.75 Å². The quantitative estimate of drug-likeness (QED) is 0.268. The molecule has 0 unspecified atom stereocenters. The van der Waals surface area contributed by atoms with E-state index in [4.69, 9.17) is 4.74 Å². The minimum absolute atomic E-state index is 0.0263. The normalized spacial score (nSPS) is 14.3. The van der Waals surface area contributed by atoms with Gasteiger partial charge in [-0.2, -0.15) is 0 Å². The smallest absolute Gasteiger partial charge is 0.274 e. The molecule has 34 heavy (non-hydrogen) atoms. The number of hydrogen-bond donors (Lipinski definition) is 2. The molecule has 4 rings (SSSR count). The number of benzene rings is 2. The van der Waals surface area contributed by atoms with E-state index in [1.54, 1.807) is 19.2 Å². The van der Waals surface area contributed by atoms with Crippen LogP contribution >= 0.6 is 0 Å². The van der Waals surface area contributed by atoms with E-state index < -0.39 is 0 Å². The third-order valence-corrected chi connectivity index (χ3v) is 6.16. The van der Waals surface area contributed by atoms with Gasteiger partial charge in [-0.1, -0.05) is 12.5 Å². The lowest BCUT2D eigenvalue weighted by atomic mass is 10.1. The average Bonchev–Trinajstić information content (AvgIpc) is 3.24. The van der Waals surface area contributed by atoms with Crippen molar-refractivity contribution in [2.24, 2.45) is 0 Å². The third kappa shape index (κ3) is 6.11. The van der Waals surface area contributed by atoms with Crippen molar-refractivity contribution in [3.8, 4) is 5.75 Å². The molecular weight excluding hydrogens is 434 g/mol. The predicted octanol–water partition coefficient (Wildman–Crippen LogP) is 3.76. The second-order valence-corrected chi connectivity index (χ2v) is 8.72. The summed E-state index contributed by atoms with van der Waals surface area (Å²) < 4.78 is 5.91. The molecule has 2 aromatic carbocycles. The van der Waals surface area contributed by atoms with Crippen molar-refractivity contribution in [1.82, 2.24) is 20.2 Å². The molecule has 0 spiro atoms. The molecule has 1 amide bonds. The number of nitrogens with zero attached hydrogens (tertiary/aromatic N) is 3. The zero-order valence-corrected chi connectivity index (χ0v) is 19.5. The molecule has 1 fully saturated rings. The maximum absolute atomic E-state index is 11.6. The average molecular weight is 466 g/mol. The van der Waals surface area contributed by atoms with Crippen molar-refractivity contribution in [2.75, 3.05) is 26.7 Å². The zero-order chi connectivity index (χ0) is 23.9. The summed E-state index contributed by atoms with van der Waals surface area (Å²) in [4.78, 5) is 33.0. The topological polar surface area (TPSA) is 113 Å². The first-order chi connectivity index (χ1) is 16.5. The molecule has 1 aliphatic rings. The maximum atomic E-state index is 11.6. The van der Waals surface area contributed by atoms with E-state index in [1.807, 2.05) is 24.3 Å². The van der Waals surface area contributed by atoms with Crippen LogP contribution in [0.3, 0.4) is 0 Å². The van der Waals surface area contributed by atoms with Gasteiger partial charge in [0.2, 0.25) is 5.91 Å². The van der Waals surface area contributed by atoms with Crippen LogP contribution in [-0.4, -0.2) is 52.4 Å². The number of hydrogen-bond acceptors (Lipinski definition) is 6. The molecule has 1 saturated heterocycles. The van der Waals surface area contributed by atoms with Crippen LogP contribution < -0.4 is 10.1 Å². The summed E-state index contributed by atoms with van der Waals surface area (Å²) in [5, 5.41) is 14.1. The molecule has 0 bridgehead atoms. The van der Waals surface area contributed by atoms with Gasteiger partial charge in [0, 0.05) is 31.6 Å². The monoisotopic (exact) mass is 465 g/mol. The number of nitrogens with one attached hydrogen (secondary N) is 2. The van der Waals surface area contributed by atoms with Crippen LogP contribution in [0.4, 0.5) is 5.69 Å². The Bertz CT molecular complexity index is 1150. The Morgan fingerprint density at radius 3 is 2.79 bits per heavy atom. The Hall–Kier alpha value is -3.46. The van der Waals surface area contributed by atoms with E-state index in [1.165, 1.54) is 6.42 Å². The number of piperidine rings is 1. The number of aromatic nitrogens is 2. The van der Waals surface area contributed by atoms with E-state index in [9.17, 15) is 14.9 Å². The fraction of sp³-hybridized carbons (Fsp3) is 0.440. The molecule has 2 N–H and O–H groups in total. The number of aromatic amines is 1. The molecule has 9 nitrogen and oxygen atoms in total. The molecule has 1 aliphatic heterocycles. The second kappa shape index (κ2) is 11.1. The van der Waals surface area contributed by atoms with Crippen molar-refractivity contribution in [2.45, 2.75) is 45.1 Å². The molecule has 1 aromatic heterocycles. The van der Waals surface area contributed by atoms with Crippen LogP contribution in [0.15, 0.2) is 36.4 Å². The molecule has 3 aromatic rings. The fourth-order valence-electron chi connectivity index (χ4n) is 4.36. The van der Waals surface area contributed by atoms with Gasteiger partial charge in [0.05, 0.1) is 29.0 Å². The molecule has 2 heterocycles. The molecule has 0 saturated carbocycles. The van der Waals surface area contributed by atoms with Crippen molar-refractivity contribution >= 4 is 22.6 Å². The van der Waals surface area contributed by atoms with Crippen molar-refractivity contribution in [3.63, 3.8) is 0 Å². The highest BCUT2D eigenvalue weighted by atomic mass is 16.6. The van der Waals surface area contributed by atoms with Gasteiger partial charge in [0.25, 0.3) is 5.69 Å². The van der Waals surface area contributed by atoms with Crippen molar-refractivity contribution in [3.05, 3.63) is 63.5 Å². The van der Waals surface area contributed by atoms with Gasteiger partial charge in [-0.15, -0.1) is 0 Å². The SMILES string of the molecule is CNC(=O)Cc1ccc2nc(CCCOc3ccc([N+](=O)[O-])c(CN4CCCCC4)c3)[nH]c2c1. The van der Waals surface area contributed by atoms with E-state index in [-0.39, 0.29) is 16.5 Å². The number of aryl methyl sites for hydroxylation is 1. The standard InChI is InChI=1S/C25H31N5O4/c1-26-25(31)15-18-7-9-21-22(14-18)28-24(27-21)6-5-13-34-20-8-10-23(30(32)33)19(16-20)17-29-11-3-2-4-12-29/h7-10,14,16H,2-6,11-13,15,17H2,1H3,(H,26,31)(H,27,28). The van der Waals surface area contributed by atoms with Crippen molar-refractivity contribution < 1.29 is 14.5 Å².